The van der Waals surface area contributed by atoms with Crippen molar-refractivity contribution in [1.29, 1.82) is 0 Å². The highest BCUT2D eigenvalue weighted by molar-refractivity contribution is 7.17. The minimum Gasteiger partial charge on any atom is -0.365 e. The Labute approximate surface area is 120 Å². The van der Waals surface area contributed by atoms with Gasteiger partial charge in [0.15, 0.2) is 0 Å². The summed E-state index contributed by atoms with van der Waals surface area (Å²) >= 11 is 7.42. The first kappa shape index (κ1) is 12.4. The second kappa shape index (κ2) is 5.55. The Morgan fingerprint density at radius 1 is 1.05 bits per heavy atom. The zero-order chi connectivity index (χ0) is 13.1. The molecular formula is C14H12ClN3S. The van der Waals surface area contributed by atoms with Crippen molar-refractivity contribution in [3.05, 3.63) is 53.2 Å². The molecule has 3 nitrogen and oxygen atoms in total. The molecule has 2 aromatic heterocycles. The van der Waals surface area contributed by atoms with Crippen LogP contribution in [0.2, 0.25) is 0 Å². The second-order valence-corrected chi connectivity index (χ2v) is 5.34. The average molecular weight is 290 g/mol. The predicted molar refractivity (Wildman–Crippen MR) is 80.7 cm³/mol. The van der Waals surface area contributed by atoms with Crippen molar-refractivity contribution >= 4 is 39.0 Å². The van der Waals surface area contributed by atoms with Gasteiger partial charge in [-0.25, -0.2) is 9.97 Å². The van der Waals surface area contributed by atoms with E-state index >= 15 is 0 Å². The number of alkyl halides is 1. The molecule has 0 aliphatic rings. The van der Waals surface area contributed by atoms with Crippen molar-refractivity contribution in [1.82, 2.24) is 9.97 Å². The third-order valence-corrected chi connectivity index (χ3v) is 4.10. The fourth-order valence-corrected chi connectivity index (χ4v) is 2.84. The molecular weight excluding hydrogens is 278 g/mol. The van der Waals surface area contributed by atoms with Crippen LogP contribution in [0, 0.1) is 0 Å². The number of fused-ring (bicyclic) bond motifs is 1. The van der Waals surface area contributed by atoms with E-state index in [-0.39, 0.29) is 0 Å². The van der Waals surface area contributed by atoms with Crippen molar-refractivity contribution < 1.29 is 0 Å². The van der Waals surface area contributed by atoms with Gasteiger partial charge in [0.2, 0.25) is 0 Å². The Bertz CT molecular complexity index is 678. The van der Waals surface area contributed by atoms with Gasteiger partial charge in [-0.3, -0.25) is 0 Å². The van der Waals surface area contributed by atoms with Crippen LogP contribution in [0.25, 0.3) is 10.2 Å². The van der Waals surface area contributed by atoms with Crippen LogP contribution >= 0.6 is 22.9 Å². The van der Waals surface area contributed by atoms with E-state index in [1.807, 2.05) is 23.6 Å². The van der Waals surface area contributed by atoms with Crippen LogP contribution < -0.4 is 5.32 Å². The van der Waals surface area contributed by atoms with Gasteiger partial charge in [-0.05, 0) is 22.6 Å². The molecule has 0 bridgehead atoms. The molecule has 0 unspecified atom stereocenters. The average Bonchev–Trinajstić information content (AvgIpc) is 2.94. The molecule has 0 saturated heterocycles. The molecule has 0 radical (unpaired) electrons. The Morgan fingerprint density at radius 3 is 2.63 bits per heavy atom. The van der Waals surface area contributed by atoms with Gasteiger partial charge in [0.05, 0.1) is 10.2 Å². The summed E-state index contributed by atoms with van der Waals surface area (Å²) in [5.74, 6) is 1.44. The van der Waals surface area contributed by atoms with Crippen LogP contribution in [0.4, 0.5) is 5.82 Å². The molecule has 1 aromatic carbocycles. The van der Waals surface area contributed by atoms with E-state index in [1.165, 1.54) is 5.56 Å². The lowest BCUT2D eigenvalue weighted by Gasteiger charge is -2.06. The first-order valence-corrected chi connectivity index (χ1v) is 7.34. The molecule has 96 valence electrons. The van der Waals surface area contributed by atoms with E-state index in [4.69, 9.17) is 11.6 Å². The molecule has 0 spiro atoms. The number of hydrogen-bond acceptors (Lipinski definition) is 4. The smallest absolute Gasteiger partial charge is 0.147 e. The minimum atomic E-state index is 0.551. The Morgan fingerprint density at radius 2 is 1.84 bits per heavy atom. The summed E-state index contributed by atoms with van der Waals surface area (Å²) < 4.78 is 1.10. The SMILES string of the molecule is ClCc1ccc(CNc2ncnc3ccsc23)cc1. The van der Waals surface area contributed by atoms with Crippen molar-refractivity contribution in [3.63, 3.8) is 0 Å². The Kier molecular flexibility index (Phi) is 3.62. The molecule has 19 heavy (non-hydrogen) atoms. The molecule has 0 fully saturated rings. The number of aromatic nitrogens is 2. The molecule has 3 rings (SSSR count). The summed E-state index contributed by atoms with van der Waals surface area (Å²) in [7, 11) is 0. The number of benzene rings is 1. The lowest BCUT2D eigenvalue weighted by molar-refractivity contribution is 1.10. The van der Waals surface area contributed by atoms with Gasteiger partial charge < -0.3 is 5.32 Å². The maximum absolute atomic E-state index is 5.77. The van der Waals surface area contributed by atoms with E-state index < -0.39 is 0 Å². The van der Waals surface area contributed by atoms with Crippen LogP contribution in [0.3, 0.4) is 0 Å². The maximum atomic E-state index is 5.77. The fraction of sp³-hybridized carbons (Fsp3) is 0.143. The zero-order valence-corrected chi connectivity index (χ0v) is 11.7. The molecule has 0 saturated carbocycles. The second-order valence-electron chi connectivity index (χ2n) is 4.16. The van der Waals surface area contributed by atoms with Crippen LogP contribution in [0.5, 0.6) is 0 Å². The Balaban J connectivity index is 1.76. The van der Waals surface area contributed by atoms with Gasteiger partial charge in [0.25, 0.3) is 0 Å². The largest absolute Gasteiger partial charge is 0.365 e. The van der Waals surface area contributed by atoms with E-state index in [0.717, 1.165) is 28.1 Å². The van der Waals surface area contributed by atoms with Crippen molar-refractivity contribution in [2.45, 2.75) is 12.4 Å². The Hall–Kier alpha value is -1.65. The monoisotopic (exact) mass is 289 g/mol. The first-order chi connectivity index (χ1) is 9.36. The molecule has 2 heterocycles. The lowest BCUT2D eigenvalue weighted by Crippen LogP contribution is -2.01. The zero-order valence-electron chi connectivity index (χ0n) is 10.1. The van der Waals surface area contributed by atoms with Crippen LogP contribution in [-0.2, 0) is 12.4 Å². The summed E-state index contributed by atoms with van der Waals surface area (Å²) in [6.07, 6.45) is 1.59. The third-order valence-electron chi connectivity index (χ3n) is 2.88. The number of anilines is 1. The maximum Gasteiger partial charge on any atom is 0.147 e. The lowest BCUT2D eigenvalue weighted by atomic mass is 10.1. The molecule has 0 aliphatic carbocycles. The number of rotatable bonds is 4. The third kappa shape index (κ3) is 2.69. The number of nitrogens with zero attached hydrogens (tertiary/aromatic N) is 2. The van der Waals surface area contributed by atoms with Crippen molar-refractivity contribution in [2.24, 2.45) is 0 Å². The van der Waals surface area contributed by atoms with Gasteiger partial charge in [-0.2, -0.15) is 0 Å². The predicted octanol–water partition coefficient (Wildman–Crippen LogP) is 4.04. The highest BCUT2D eigenvalue weighted by Crippen LogP contribution is 2.25. The molecule has 3 aromatic rings. The van der Waals surface area contributed by atoms with Crippen LogP contribution in [0.1, 0.15) is 11.1 Å². The molecule has 0 atom stereocenters. The number of hydrogen-bond donors (Lipinski definition) is 1. The first-order valence-electron chi connectivity index (χ1n) is 5.92. The van der Waals surface area contributed by atoms with Crippen molar-refractivity contribution in [2.75, 3.05) is 5.32 Å². The summed E-state index contributed by atoms with van der Waals surface area (Å²) in [4.78, 5) is 8.52. The van der Waals surface area contributed by atoms with Crippen LogP contribution in [-0.4, -0.2) is 9.97 Å². The number of halogens is 1. The summed E-state index contributed by atoms with van der Waals surface area (Å²) in [6, 6.07) is 10.3. The van der Waals surface area contributed by atoms with Gasteiger partial charge in [0.1, 0.15) is 12.1 Å². The quantitative estimate of drug-likeness (QED) is 0.737. The van der Waals surface area contributed by atoms with Gasteiger partial charge in [0, 0.05) is 12.4 Å². The van der Waals surface area contributed by atoms with E-state index in [9.17, 15) is 0 Å². The minimum absolute atomic E-state index is 0.551. The van der Waals surface area contributed by atoms with E-state index in [0.29, 0.717) is 5.88 Å². The normalized spacial score (nSPS) is 10.8. The topological polar surface area (TPSA) is 37.8 Å². The van der Waals surface area contributed by atoms with Gasteiger partial charge in [-0.15, -0.1) is 22.9 Å². The standard InChI is InChI=1S/C14H12ClN3S/c15-7-10-1-3-11(4-2-10)8-16-14-13-12(5-6-19-13)17-9-18-14/h1-6,9H,7-8H2,(H,16,17,18). The fourth-order valence-electron chi connectivity index (χ4n) is 1.85. The summed E-state index contributed by atoms with van der Waals surface area (Å²) in [5.41, 5.74) is 3.32. The highest BCUT2D eigenvalue weighted by atomic mass is 35.5. The van der Waals surface area contributed by atoms with Crippen LogP contribution in [0.15, 0.2) is 42.0 Å². The molecule has 5 heteroatoms. The van der Waals surface area contributed by atoms with E-state index in [2.05, 4.69) is 27.4 Å². The highest BCUT2D eigenvalue weighted by Gasteiger charge is 2.04. The number of nitrogens with one attached hydrogen (secondary N) is 1. The summed E-state index contributed by atoms with van der Waals surface area (Å²) in [5, 5.41) is 5.38. The van der Waals surface area contributed by atoms with Gasteiger partial charge >= 0.3 is 0 Å². The molecule has 0 amide bonds. The van der Waals surface area contributed by atoms with E-state index in [1.54, 1.807) is 17.7 Å². The molecule has 0 aliphatic heterocycles. The number of thiophene rings is 1. The molecule has 1 N–H and O–H groups in total. The van der Waals surface area contributed by atoms with Gasteiger partial charge in [-0.1, -0.05) is 24.3 Å². The summed E-state index contributed by atoms with van der Waals surface area (Å²) in [6.45, 7) is 0.743. The van der Waals surface area contributed by atoms with Crippen molar-refractivity contribution in [3.8, 4) is 0 Å².